The van der Waals surface area contributed by atoms with E-state index >= 15 is 0 Å². The Morgan fingerprint density at radius 1 is 1.33 bits per heavy atom. The summed E-state index contributed by atoms with van der Waals surface area (Å²) >= 11 is 0. The number of sulfonamides is 1. The number of likely N-dealkylation sites (N-methyl/N-ethyl adjacent to an activating group) is 1. The molecule has 0 saturated carbocycles. The number of nitrogens with one attached hydrogen (secondary N) is 2. The normalized spacial score (nSPS) is 12.9. The number of hydrogen-bond acceptors (Lipinski definition) is 3. The fourth-order valence-corrected chi connectivity index (χ4v) is 2.52. The lowest BCUT2D eigenvalue weighted by atomic mass is 10.2. The van der Waals surface area contributed by atoms with Crippen LogP contribution in [0, 0.1) is 12.7 Å². The van der Waals surface area contributed by atoms with E-state index < -0.39 is 15.8 Å². The van der Waals surface area contributed by atoms with E-state index in [1.54, 1.807) is 14.0 Å². The smallest absolute Gasteiger partial charge is 0.240 e. The highest BCUT2D eigenvalue weighted by Gasteiger charge is 2.15. The lowest BCUT2D eigenvalue weighted by Gasteiger charge is -2.12. The molecule has 0 fully saturated rings. The molecule has 0 saturated heterocycles. The Kier molecular flexibility index (Phi) is 6.77. The minimum absolute atomic E-state index is 0. The molecule has 0 amide bonds. The van der Waals surface area contributed by atoms with Crippen molar-refractivity contribution in [3.8, 4) is 0 Å². The Balaban J connectivity index is 0.00000289. The molecule has 0 spiro atoms. The van der Waals surface area contributed by atoms with Crippen molar-refractivity contribution in [3.05, 3.63) is 29.6 Å². The first-order valence-electron chi connectivity index (χ1n) is 5.29. The minimum Gasteiger partial charge on any atom is -0.316 e. The summed E-state index contributed by atoms with van der Waals surface area (Å²) in [5, 5.41) is 2.91. The van der Waals surface area contributed by atoms with Gasteiger partial charge in [0.05, 0.1) is 4.90 Å². The van der Waals surface area contributed by atoms with Gasteiger partial charge < -0.3 is 5.32 Å². The number of rotatable bonds is 5. The maximum absolute atomic E-state index is 13.1. The first kappa shape index (κ1) is 17.3. The van der Waals surface area contributed by atoms with Gasteiger partial charge in [-0.2, -0.15) is 0 Å². The fourth-order valence-electron chi connectivity index (χ4n) is 1.28. The number of aryl methyl sites for hydroxylation is 1. The number of benzene rings is 1. The van der Waals surface area contributed by atoms with Crippen LogP contribution in [0.5, 0.6) is 0 Å². The zero-order valence-corrected chi connectivity index (χ0v) is 12.2. The molecule has 18 heavy (non-hydrogen) atoms. The van der Waals surface area contributed by atoms with E-state index in [9.17, 15) is 12.8 Å². The Labute approximate surface area is 113 Å². The molecule has 7 heteroatoms. The SMILES string of the molecule is CNC(C)CNS(=O)(=O)c1cc(C)cc(F)c1.Cl. The monoisotopic (exact) mass is 296 g/mol. The van der Waals surface area contributed by atoms with E-state index in [0.29, 0.717) is 5.56 Å². The second-order valence-corrected chi connectivity index (χ2v) is 5.77. The van der Waals surface area contributed by atoms with Gasteiger partial charge in [0.2, 0.25) is 10.0 Å². The molecule has 0 aliphatic heterocycles. The quantitative estimate of drug-likeness (QED) is 0.864. The molecule has 104 valence electrons. The van der Waals surface area contributed by atoms with Gasteiger partial charge in [-0.25, -0.2) is 17.5 Å². The highest BCUT2D eigenvalue weighted by molar-refractivity contribution is 7.89. The summed E-state index contributed by atoms with van der Waals surface area (Å²) in [7, 11) is -1.90. The van der Waals surface area contributed by atoms with Crippen molar-refractivity contribution < 1.29 is 12.8 Å². The molecule has 2 N–H and O–H groups in total. The second kappa shape index (κ2) is 7.04. The van der Waals surface area contributed by atoms with Crippen molar-refractivity contribution in [2.24, 2.45) is 0 Å². The van der Waals surface area contributed by atoms with Gasteiger partial charge in [0.25, 0.3) is 0 Å². The van der Waals surface area contributed by atoms with Crippen LogP contribution in [-0.4, -0.2) is 28.1 Å². The molecule has 4 nitrogen and oxygen atoms in total. The van der Waals surface area contributed by atoms with Gasteiger partial charge in [0.15, 0.2) is 0 Å². The summed E-state index contributed by atoms with van der Waals surface area (Å²) in [5.41, 5.74) is 0.576. The van der Waals surface area contributed by atoms with Crippen LogP contribution in [0.1, 0.15) is 12.5 Å². The molecule has 0 aliphatic carbocycles. The Bertz CT molecular complexity index is 474. The summed E-state index contributed by atoms with van der Waals surface area (Å²) in [6, 6.07) is 3.75. The van der Waals surface area contributed by atoms with Gasteiger partial charge in [-0.15, -0.1) is 12.4 Å². The van der Waals surface area contributed by atoms with E-state index in [1.807, 2.05) is 6.92 Å². The Morgan fingerprint density at radius 3 is 2.44 bits per heavy atom. The molecule has 0 aromatic heterocycles. The van der Waals surface area contributed by atoms with Crippen LogP contribution in [0.4, 0.5) is 4.39 Å². The molecule has 0 radical (unpaired) electrons. The standard InChI is InChI=1S/C11H17FN2O2S.ClH/c1-8-4-10(12)6-11(5-8)17(15,16)14-7-9(2)13-3;/h4-6,9,13-14H,7H2,1-3H3;1H. The molecule has 1 aromatic rings. The predicted octanol–water partition coefficient (Wildman–Crippen LogP) is 1.44. The van der Waals surface area contributed by atoms with E-state index in [2.05, 4.69) is 10.0 Å². The zero-order chi connectivity index (χ0) is 13.1. The number of hydrogen-bond donors (Lipinski definition) is 2. The molecule has 1 unspecified atom stereocenters. The van der Waals surface area contributed by atoms with E-state index in [0.717, 1.165) is 6.07 Å². The van der Waals surface area contributed by atoms with Crippen molar-refractivity contribution in [2.45, 2.75) is 24.8 Å². The summed E-state index contributed by atoms with van der Waals surface area (Å²) in [4.78, 5) is -0.0432. The average molecular weight is 297 g/mol. The third kappa shape index (κ3) is 4.89. The first-order valence-corrected chi connectivity index (χ1v) is 6.77. The lowest BCUT2D eigenvalue weighted by Crippen LogP contribution is -2.37. The number of halogens is 2. The minimum atomic E-state index is -3.64. The molecule has 1 atom stereocenters. The van der Waals surface area contributed by atoms with Gasteiger partial charge in [0.1, 0.15) is 5.82 Å². The van der Waals surface area contributed by atoms with Crippen LogP contribution in [-0.2, 0) is 10.0 Å². The van der Waals surface area contributed by atoms with Gasteiger partial charge in [-0.3, -0.25) is 0 Å². The largest absolute Gasteiger partial charge is 0.316 e. The highest BCUT2D eigenvalue weighted by Crippen LogP contribution is 2.13. The third-order valence-electron chi connectivity index (χ3n) is 2.40. The van der Waals surface area contributed by atoms with Gasteiger partial charge in [-0.1, -0.05) is 0 Å². The zero-order valence-electron chi connectivity index (χ0n) is 10.5. The highest BCUT2D eigenvalue weighted by atomic mass is 35.5. The third-order valence-corrected chi connectivity index (χ3v) is 3.80. The van der Waals surface area contributed by atoms with E-state index in [1.165, 1.54) is 12.1 Å². The molecule has 0 aliphatic rings. The average Bonchev–Trinajstić information content (AvgIpc) is 2.24. The van der Waals surface area contributed by atoms with Crippen molar-refractivity contribution in [1.82, 2.24) is 10.0 Å². The molecular weight excluding hydrogens is 279 g/mol. The van der Waals surface area contributed by atoms with Crippen LogP contribution in [0.15, 0.2) is 23.1 Å². The van der Waals surface area contributed by atoms with Crippen molar-refractivity contribution in [3.63, 3.8) is 0 Å². The Morgan fingerprint density at radius 2 is 1.94 bits per heavy atom. The molecule has 1 aromatic carbocycles. The molecular formula is C11H18ClFN2O2S. The summed E-state index contributed by atoms with van der Waals surface area (Å²) in [5.74, 6) is -0.549. The molecule has 1 rings (SSSR count). The van der Waals surface area contributed by atoms with E-state index in [-0.39, 0.29) is 29.9 Å². The van der Waals surface area contributed by atoms with Crippen LogP contribution in [0.3, 0.4) is 0 Å². The summed E-state index contributed by atoms with van der Waals surface area (Å²) < 4.78 is 39.2. The molecule has 0 bridgehead atoms. The van der Waals surface area contributed by atoms with Gasteiger partial charge in [0, 0.05) is 12.6 Å². The predicted molar refractivity (Wildman–Crippen MR) is 72.1 cm³/mol. The summed E-state index contributed by atoms with van der Waals surface area (Å²) in [6.45, 7) is 3.76. The van der Waals surface area contributed by atoms with Crippen LogP contribution in [0.2, 0.25) is 0 Å². The van der Waals surface area contributed by atoms with Crippen LogP contribution < -0.4 is 10.0 Å². The first-order chi connectivity index (χ1) is 7.85. The van der Waals surface area contributed by atoms with Crippen LogP contribution in [0.25, 0.3) is 0 Å². The van der Waals surface area contributed by atoms with Gasteiger partial charge in [-0.05, 0) is 44.7 Å². The molecule has 0 heterocycles. The lowest BCUT2D eigenvalue weighted by molar-refractivity contribution is 0.552. The maximum atomic E-state index is 13.1. The van der Waals surface area contributed by atoms with Crippen LogP contribution >= 0.6 is 12.4 Å². The topological polar surface area (TPSA) is 58.2 Å². The fraction of sp³-hybridized carbons (Fsp3) is 0.455. The van der Waals surface area contributed by atoms with Gasteiger partial charge >= 0.3 is 0 Å². The van der Waals surface area contributed by atoms with Crippen molar-refractivity contribution >= 4 is 22.4 Å². The second-order valence-electron chi connectivity index (χ2n) is 4.01. The van der Waals surface area contributed by atoms with Crippen molar-refractivity contribution in [1.29, 1.82) is 0 Å². The van der Waals surface area contributed by atoms with E-state index in [4.69, 9.17) is 0 Å². The Hall–Kier alpha value is -0.690. The maximum Gasteiger partial charge on any atom is 0.240 e. The van der Waals surface area contributed by atoms with Crippen molar-refractivity contribution in [2.75, 3.05) is 13.6 Å². The summed E-state index contributed by atoms with van der Waals surface area (Å²) in [6.07, 6.45) is 0.